The number of hydrogen-bond donors (Lipinski definition) is 2. The van der Waals surface area contributed by atoms with Crippen molar-refractivity contribution >= 4 is 21.5 Å². The lowest BCUT2D eigenvalue weighted by molar-refractivity contribution is 0.390. The maximum Gasteiger partial charge on any atom is 0.268 e. The third-order valence-corrected chi connectivity index (χ3v) is 4.86. The summed E-state index contributed by atoms with van der Waals surface area (Å²) in [6, 6.07) is 3.72. The molecule has 2 heterocycles. The quantitative estimate of drug-likeness (QED) is 0.848. The minimum absolute atomic E-state index is 0.0520. The van der Waals surface area contributed by atoms with Crippen LogP contribution < -0.4 is 10.0 Å². The Morgan fingerprint density at radius 1 is 1.32 bits per heavy atom. The standard InChI is InChI=1S/C14H20N4O3S/c1-5-9(2)16-12-6-7-13(15-8-12)18-22(19,20)14-10(3)17-21-11(14)4/h6-9,16H,5H2,1-4H3,(H,15,18). The Hall–Kier alpha value is -2.09. The Morgan fingerprint density at radius 2 is 2.05 bits per heavy atom. The zero-order valence-corrected chi connectivity index (χ0v) is 13.9. The zero-order chi connectivity index (χ0) is 16.3. The van der Waals surface area contributed by atoms with Gasteiger partial charge >= 0.3 is 0 Å². The van der Waals surface area contributed by atoms with Gasteiger partial charge in [0.15, 0.2) is 10.7 Å². The topological polar surface area (TPSA) is 97.1 Å². The van der Waals surface area contributed by atoms with Gasteiger partial charge in [-0.3, -0.25) is 4.72 Å². The molecule has 0 aromatic carbocycles. The van der Waals surface area contributed by atoms with Gasteiger partial charge in [0.2, 0.25) is 0 Å². The second-order valence-corrected chi connectivity index (χ2v) is 6.76. The first-order valence-electron chi connectivity index (χ1n) is 7.01. The molecule has 0 aliphatic rings. The van der Waals surface area contributed by atoms with Gasteiger partial charge in [-0.15, -0.1) is 0 Å². The maximum atomic E-state index is 12.3. The fourth-order valence-electron chi connectivity index (χ4n) is 1.97. The largest absolute Gasteiger partial charge is 0.381 e. The molecular formula is C14H20N4O3S. The Kier molecular flexibility index (Phi) is 4.70. The van der Waals surface area contributed by atoms with Crippen LogP contribution in [0.4, 0.5) is 11.5 Å². The minimum atomic E-state index is -3.76. The second-order valence-electron chi connectivity index (χ2n) is 5.14. The molecule has 7 nitrogen and oxygen atoms in total. The summed E-state index contributed by atoms with van der Waals surface area (Å²) in [5, 5.41) is 6.92. The summed E-state index contributed by atoms with van der Waals surface area (Å²) in [5.74, 6) is 0.495. The van der Waals surface area contributed by atoms with Crippen LogP contribution in [0.15, 0.2) is 27.7 Å². The van der Waals surface area contributed by atoms with Gasteiger partial charge < -0.3 is 9.84 Å². The van der Waals surface area contributed by atoms with Gasteiger partial charge in [0, 0.05) is 6.04 Å². The number of nitrogens with one attached hydrogen (secondary N) is 2. The van der Waals surface area contributed by atoms with E-state index in [1.807, 2.05) is 0 Å². The second kappa shape index (κ2) is 6.35. The van der Waals surface area contributed by atoms with Crippen LogP contribution in [-0.2, 0) is 10.0 Å². The van der Waals surface area contributed by atoms with Crippen molar-refractivity contribution in [2.45, 2.75) is 45.1 Å². The van der Waals surface area contributed by atoms with Crippen molar-refractivity contribution in [2.24, 2.45) is 0 Å². The maximum absolute atomic E-state index is 12.3. The number of rotatable bonds is 6. The fourth-order valence-corrected chi connectivity index (χ4v) is 3.31. The lowest BCUT2D eigenvalue weighted by Gasteiger charge is -2.13. The number of aromatic nitrogens is 2. The Bertz CT molecular complexity index is 718. The molecule has 2 aromatic rings. The summed E-state index contributed by atoms with van der Waals surface area (Å²) in [6.45, 7) is 7.28. The van der Waals surface area contributed by atoms with E-state index >= 15 is 0 Å². The highest BCUT2D eigenvalue weighted by molar-refractivity contribution is 7.92. The van der Waals surface area contributed by atoms with E-state index in [4.69, 9.17) is 4.52 Å². The Labute approximate surface area is 130 Å². The number of sulfonamides is 1. The van der Waals surface area contributed by atoms with Crippen LogP contribution in [0.1, 0.15) is 31.7 Å². The average Bonchev–Trinajstić information content (AvgIpc) is 2.80. The normalized spacial score (nSPS) is 12.9. The molecule has 2 aromatic heterocycles. The van der Waals surface area contributed by atoms with Crippen LogP contribution in [0.2, 0.25) is 0 Å². The predicted molar refractivity (Wildman–Crippen MR) is 84.4 cm³/mol. The third-order valence-electron chi connectivity index (χ3n) is 3.26. The van der Waals surface area contributed by atoms with E-state index in [2.05, 4.69) is 34.0 Å². The van der Waals surface area contributed by atoms with E-state index < -0.39 is 10.0 Å². The van der Waals surface area contributed by atoms with Gasteiger partial charge in [-0.2, -0.15) is 0 Å². The van der Waals surface area contributed by atoms with E-state index in [1.165, 1.54) is 0 Å². The molecule has 0 bridgehead atoms. The van der Waals surface area contributed by atoms with Gasteiger partial charge in [0.1, 0.15) is 11.5 Å². The van der Waals surface area contributed by atoms with Gasteiger partial charge in [-0.25, -0.2) is 13.4 Å². The van der Waals surface area contributed by atoms with E-state index in [0.29, 0.717) is 11.7 Å². The monoisotopic (exact) mass is 324 g/mol. The highest BCUT2D eigenvalue weighted by Crippen LogP contribution is 2.22. The number of pyridine rings is 1. The van der Waals surface area contributed by atoms with E-state index in [1.54, 1.807) is 32.2 Å². The Balaban J connectivity index is 2.17. The van der Waals surface area contributed by atoms with Crippen molar-refractivity contribution in [1.82, 2.24) is 10.1 Å². The summed E-state index contributed by atoms with van der Waals surface area (Å²) >= 11 is 0. The first-order valence-corrected chi connectivity index (χ1v) is 8.50. The van der Waals surface area contributed by atoms with Crippen LogP contribution in [-0.4, -0.2) is 24.6 Å². The molecule has 1 atom stereocenters. The van der Waals surface area contributed by atoms with Crippen LogP contribution in [0.5, 0.6) is 0 Å². The van der Waals surface area contributed by atoms with Gasteiger partial charge in [-0.1, -0.05) is 12.1 Å². The van der Waals surface area contributed by atoms with Crippen molar-refractivity contribution in [3.8, 4) is 0 Å². The summed E-state index contributed by atoms with van der Waals surface area (Å²) < 4.78 is 32.0. The first kappa shape index (κ1) is 16.3. The summed E-state index contributed by atoms with van der Waals surface area (Å²) in [4.78, 5) is 4.17. The zero-order valence-electron chi connectivity index (χ0n) is 13.0. The lowest BCUT2D eigenvalue weighted by atomic mass is 10.2. The number of nitrogens with zero attached hydrogens (tertiary/aromatic N) is 2. The molecule has 0 aliphatic carbocycles. The van der Waals surface area contributed by atoms with Crippen molar-refractivity contribution in [1.29, 1.82) is 0 Å². The molecule has 0 aliphatic heterocycles. The first-order chi connectivity index (χ1) is 10.3. The molecule has 0 fully saturated rings. The smallest absolute Gasteiger partial charge is 0.268 e. The van der Waals surface area contributed by atoms with Gasteiger partial charge in [0.25, 0.3) is 10.0 Å². The molecule has 2 rings (SSSR count). The van der Waals surface area contributed by atoms with Crippen molar-refractivity contribution < 1.29 is 12.9 Å². The summed E-state index contributed by atoms with van der Waals surface area (Å²) in [7, 11) is -3.76. The molecule has 1 unspecified atom stereocenters. The van der Waals surface area contributed by atoms with Crippen molar-refractivity contribution in [2.75, 3.05) is 10.0 Å². The fraction of sp³-hybridized carbons (Fsp3) is 0.429. The molecule has 0 radical (unpaired) electrons. The Morgan fingerprint density at radius 3 is 2.55 bits per heavy atom. The van der Waals surface area contributed by atoms with E-state index in [-0.39, 0.29) is 16.5 Å². The SMILES string of the molecule is CCC(C)Nc1ccc(NS(=O)(=O)c2c(C)noc2C)nc1. The minimum Gasteiger partial charge on any atom is -0.381 e. The molecule has 0 saturated carbocycles. The molecule has 22 heavy (non-hydrogen) atoms. The molecule has 120 valence electrons. The van der Waals surface area contributed by atoms with Crippen LogP contribution in [0.3, 0.4) is 0 Å². The summed E-state index contributed by atoms with van der Waals surface area (Å²) in [5.41, 5.74) is 1.16. The average molecular weight is 324 g/mol. The summed E-state index contributed by atoms with van der Waals surface area (Å²) in [6.07, 6.45) is 2.58. The van der Waals surface area contributed by atoms with E-state index in [0.717, 1.165) is 12.1 Å². The molecule has 0 amide bonds. The molecule has 2 N–H and O–H groups in total. The van der Waals surface area contributed by atoms with E-state index in [9.17, 15) is 8.42 Å². The third kappa shape index (κ3) is 3.56. The van der Waals surface area contributed by atoms with Gasteiger partial charge in [-0.05, 0) is 39.3 Å². The highest BCUT2D eigenvalue weighted by atomic mass is 32.2. The highest BCUT2D eigenvalue weighted by Gasteiger charge is 2.24. The molecule has 8 heteroatoms. The lowest BCUT2D eigenvalue weighted by Crippen LogP contribution is -2.16. The number of aryl methyl sites for hydroxylation is 2. The van der Waals surface area contributed by atoms with Crippen LogP contribution in [0.25, 0.3) is 0 Å². The number of anilines is 2. The molecule has 0 spiro atoms. The van der Waals surface area contributed by atoms with Crippen molar-refractivity contribution in [3.05, 3.63) is 29.8 Å². The van der Waals surface area contributed by atoms with Crippen molar-refractivity contribution in [3.63, 3.8) is 0 Å². The predicted octanol–water partition coefficient (Wildman–Crippen LogP) is 2.70. The molecular weight excluding hydrogens is 304 g/mol. The van der Waals surface area contributed by atoms with Crippen LogP contribution >= 0.6 is 0 Å². The number of hydrogen-bond acceptors (Lipinski definition) is 6. The van der Waals surface area contributed by atoms with Gasteiger partial charge in [0.05, 0.1) is 11.9 Å². The van der Waals surface area contributed by atoms with Crippen LogP contribution in [0, 0.1) is 13.8 Å². The molecule has 0 saturated heterocycles.